The van der Waals surface area contributed by atoms with E-state index in [9.17, 15) is 9.90 Å². The van der Waals surface area contributed by atoms with Crippen molar-refractivity contribution in [2.45, 2.75) is 45.2 Å². The molecule has 0 amide bonds. The van der Waals surface area contributed by atoms with E-state index >= 15 is 0 Å². The Labute approximate surface area is 174 Å². The van der Waals surface area contributed by atoms with E-state index in [-0.39, 0.29) is 5.75 Å². The van der Waals surface area contributed by atoms with Gasteiger partial charge in [-0.2, -0.15) is 0 Å². The highest BCUT2D eigenvalue weighted by molar-refractivity contribution is 5.86. The summed E-state index contributed by atoms with van der Waals surface area (Å²) in [4.78, 5) is 23.0. The predicted molar refractivity (Wildman–Crippen MR) is 118 cm³/mol. The van der Waals surface area contributed by atoms with E-state index in [4.69, 9.17) is 4.42 Å². The molecule has 2 N–H and O–H groups in total. The summed E-state index contributed by atoms with van der Waals surface area (Å²) in [7, 11) is 0. The van der Waals surface area contributed by atoms with Gasteiger partial charge in [0.25, 0.3) is 0 Å². The number of phenolic OH excluding ortho intramolecular Hbond substituents is 1. The molecule has 2 aromatic heterocycles. The second-order valence-electron chi connectivity index (χ2n) is 8.06. The fourth-order valence-electron chi connectivity index (χ4n) is 4.56. The largest absolute Gasteiger partial charge is 0.507 e. The molecule has 30 heavy (non-hydrogen) atoms. The number of nitrogens with zero attached hydrogens (tertiary/aromatic N) is 2. The van der Waals surface area contributed by atoms with Gasteiger partial charge in [0.15, 0.2) is 0 Å². The Morgan fingerprint density at radius 3 is 2.93 bits per heavy atom. The molecule has 0 saturated carbocycles. The summed E-state index contributed by atoms with van der Waals surface area (Å²) < 4.78 is 5.76. The number of imidazole rings is 1. The molecule has 1 saturated heterocycles. The summed E-state index contributed by atoms with van der Waals surface area (Å²) in [6.45, 7) is 3.77. The normalized spacial score (nSPS) is 17.7. The van der Waals surface area contributed by atoms with Crippen LogP contribution in [0.4, 0.5) is 0 Å². The lowest BCUT2D eigenvalue weighted by Crippen LogP contribution is -2.38. The summed E-state index contributed by atoms with van der Waals surface area (Å²) in [5.74, 6) is 0.658. The molecule has 154 valence electrons. The summed E-state index contributed by atoms with van der Waals surface area (Å²) in [5.41, 5.74) is 2.74. The maximum atomic E-state index is 12.9. The van der Waals surface area contributed by atoms with Crippen molar-refractivity contribution in [3.05, 3.63) is 58.4 Å². The van der Waals surface area contributed by atoms with Crippen LogP contribution in [0.2, 0.25) is 0 Å². The summed E-state index contributed by atoms with van der Waals surface area (Å²) in [6.07, 6.45) is 4.64. The van der Waals surface area contributed by atoms with Crippen molar-refractivity contribution in [1.29, 1.82) is 0 Å². The molecule has 2 aromatic carbocycles. The van der Waals surface area contributed by atoms with Crippen LogP contribution >= 0.6 is 0 Å². The van der Waals surface area contributed by atoms with Gasteiger partial charge in [-0.3, -0.25) is 4.90 Å². The number of para-hydroxylation sites is 2. The van der Waals surface area contributed by atoms with Gasteiger partial charge in [-0.1, -0.05) is 25.5 Å². The molecular weight excluding hydrogens is 378 g/mol. The Balaban J connectivity index is 1.59. The smallest absolute Gasteiger partial charge is 0.347 e. The van der Waals surface area contributed by atoms with E-state index in [1.165, 1.54) is 12.8 Å². The third kappa shape index (κ3) is 3.27. The number of likely N-dealkylation sites (tertiary alicyclic amines) is 1. The van der Waals surface area contributed by atoms with Crippen molar-refractivity contribution < 1.29 is 9.52 Å². The van der Waals surface area contributed by atoms with Gasteiger partial charge in [0.05, 0.1) is 16.6 Å². The molecule has 3 heterocycles. The van der Waals surface area contributed by atoms with Crippen molar-refractivity contribution in [1.82, 2.24) is 14.9 Å². The first-order valence-electron chi connectivity index (χ1n) is 10.6. The topological polar surface area (TPSA) is 82.4 Å². The SMILES string of the molecule is CCC1CCCCN1Cc1c(O)ccc2cc(-c3nc4ccccc4[nH]3)c(=O)oc12. The number of aromatic amines is 1. The maximum Gasteiger partial charge on any atom is 0.347 e. The van der Waals surface area contributed by atoms with E-state index in [0.717, 1.165) is 35.8 Å². The van der Waals surface area contributed by atoms with Gasteiger partial charge in [-0.25, -0.2) is 9.78 Å². The van der Waals surface area contributed by atoms with E-state index in [0.29, 0.717) is 35.1 Å². The van der Waals surface area contributed by atoms with Gasteiger partial charge >= 0.3 is 5.63 Å². The van der Waals surface area contributed by atoms with Crippen LogP contribution in [-0.2, 0) is 6.54 Å². The number of aromatic hydroxyl groups is 1. The fourth-order valence-corrected chi connectivity index (χ4v) is 4.56. The van der Waals surface area contributed by atoms with Crippen LogP contribution in [0.3, 0.4) is 0 Å². The first kappa shape index (κ1) is 18.9. The molecule has 6 heteroatoms. The number of rotatable bonds is 4. The molecule has 4 aromatic rings. The van der Waals surface area contributed by atoms with Crippen LogP contribution in [0.1, 0.15) is 38.2 Å². The highest BCUT2D eigenvalue weighted by atomic mass is 16.4. The first-order chi connectivity index (χ1) is 14.6. The number of benzene rings is 2. The Bertz CT molecular complexity index is 1240. The van der Waals surface area contributed by atoms with Crippen LogP contribution in [0, 0.1) is 0 Å². The summed E-state index contributed by atoms with van der Waals surface area (Å²) in [5, 5.41) is 11.3. The van der Waals surface area contributed by atoms with Crippen LogP contribution in [-0.4, -0.2) is 32.6 Å². The number of hydrogen-bond acceptors (Lipinski definition) is 5. The standard InChI is InChI=1S/C24H25N3O3/c1-2-16-7-5-6-12-27(16)14-18-21(28)11-10-15-13-17(24(29)30-22(15)18)23-25-19-8-3-4-9-20(19)26-23/h3-4,8-11,13,16,28H,2,5-7,12,14H2,1H3,(H,25,26). The van der Waals surface area contributed by atoms with Crippen LogP contribution in [0.5, 0.6) is 5.75 Å². The van der Waals surface area contributed by atoms with E-state index in [1.54, 1.807) is 18.2 Å². The molecule has 1 fully saturated rings. The number of fused-ring (bicyclic) bond motifs is 2. The Kier molecular flexibility index (Phi) is 4.79. The van der Waals surface area contributed by atoms with Crippen molar-refractivity contribution in [3.8, 4) is 17.1 Å². The van der Waals surface area contributed by atoms with Crippen molar-refractivity contribution in [2.24, 2.45) is 0 Å². The zero-order chi connectivity index (χ0) is 20.7. The van der Waals surface area contributed by atoms with Gasteiger partial charge in [0.1, 0.15) is 22.7 Å². The average Bonchev–Trinajstić information content (AvgIpc) is 3.20. The minimum atomic E-state index is -0.459. The predicted octanol–water partition coefficient (Wildman–Crippen LogP) is 4.81. The Hall–Kier alpha value is -3.12. The quantitative estimate of drug-likeness (QED) is 0.478. The van der Waals surface area contributed by atoms with E-state index in [2.05, 4.69) is 21.8 Å². The second kappa shape index (κ2) is 7.61. The molecule has 1 aliphatic heterocycles. The molecule has 0 bridgehead atoms. The zero-order valence-corrected chi connectivity index (χ0v) is 17.0. The lowest BCUT2D eigenvalue weighted by molar-refractivity contribution is 0.135. The third-order valence-electron chi connectivity index (χ3n) is 6.21. The first-order valence-corrected chi connectivity index (χ1v) is 10.6. The minimum Gasteiger partial charge on any atom is -0.507 e. The number of piperidine rings is 1. The lowest BCUT2D eigenvalue weighted by Gasteiger charge is -2.35. The molecule has 0 aliphatic carbocycles. The molecule has 1 aliphatic rings. The van der Waals surface area contributed by atoms with Crippen LogP contribution in [0.15, 0.2) is 51.7 Å². The highest BCUT2D eigenvalue weighted by Crippen LogP contribution is 2.32. The molecule has 5 rings (SSSR count). The Morgan fingerprint density at radius 2 is 2.10 bits per heavy atom. The molecule has 1 unspecified atom stereocenters. The zero-order valence-electron chi connectivity index (χ0n) is 17.0. The summed E-state index contributed by atoms with van der Waals surface area (Å²) >= 11 is 0. The minimum absolute atomic E-state index is 0.169. The molecule has 6 nitrogen and oxygen atoms in total. The van der Waals surface area contributed by atoms with Gasteiger partial charge in [-0.15, -0.1) is 0 Å². The number of aromatic nitrogens is 2. The van der Waals surface area contributed by atoms with Crippen molar-refractivity contribution >= 4 is 22.0 Å². The summed E-state index contributed by atoms with van der Waals surface area (Å²) in [6, 6.07) is 13.4. The number of phenols is 1. The number of nitrogens with one attached hydrogen (secondary N) is 1. The molecule has 0 spiro atoms. The number of hydrogen-bond donors (Lipinski definition) is 2. The second-order valence-corrected chi connectivity index (χ2v) is 8.06. The van der Waals surface area contributed by atoms with E-state index in [1.807, 2.05) is 24.3 Å². The van der Waals surface area contributed by atoms with Gasteiger partial charge in [0, 0.05) is 18.0 Å². The van der Waals surface area contributed by atoms with Crippen LogP contribution < -0.4 is 5.63 Å². The monoisotopic (exact) mass is 403 g/mol. The van der Waals surface area contributed by atoms with Gasteiger partial charge in [0.2, 0.25) is 0 Å². The number of H-pyrrole nitrogens is 1. The molecule has 0 radical (unpaired) electrons. The molecule has 1 atom stereocenters. The Morgan fingerprint density at radius 1 is 1.23 bits per heavy atom. The van der Waals surface area contributed by atoms with E-state index < -0.39 is 5.63 Å². The van der Waals surface area contributed by atoms with Crippen molar-refractivity contribution in [2.75, 3.05) is 6.54 Å². The third-order valence-corrected chi connectivity index (χ3v) is 6.21. The average molecular weight is 403 g/mol. The fraction of sp³-hybridized carbons (Fsp3) is 0.333. The lowest BCUT2D eigenvalue weighted by atomic mass is 9.98. The molecular formula is C24H25N3O3. The van der Waals surface area contributed by atoms with Gasteiger partial charge < -0.3 is 14.5 Å². The van der Waals surface area contributed by atoms with Gasteiger partial charge in [-0.05, 0) is 56.1 Å². The maximum absolute atomic E-state index is 12.9. The van der Waals surface area contributed by atoms with Crippen molar-refractivity contribution in [3.63, 3.8) is 0 Å². The highest BCUT2D eigenvalue weighted by Gasteiger charge is 2.24. The van der Waals surface area contributed by atoms with Crippen LogP contribution in [0.25, 0.3) is 33.4 Å².